The predicted octanol–water partition coefficient (Wildman–Crippen LogP) is 15.0. The van der Waals surface area contributed by atoms with E-state index in [4.69, 9.17) is 14.2 Å². The van der Waals surface area contributed by atoms with Crippen molar-refractivity contribution in [3.05, 3.63) is 130 Å². The number of hydrogen-bond acceptors (Lipinski definition) is 8. The minimum absolute atomic E-state index is 0.0194. The summed E-state index contributed by atoms with van der Waals surface area (Å²) in [6.45, 7) is 22.6. The van der Waals surface area contributed by atoms with E-state index in [2.05, 4.69) is 134 Å². The minimum atomic E-state index is -1.50. The largest absolute Gasteiger partial charge is 0.463 e. The normalized spacial score (nSPS) is 22.6. The molecule has 1 heterocycles. The summed E-state index contributed by atoms with van der Waals surface area (Å²) in [6, 6.07) is 0. The average molecular weight is 969 g/mol. The zero-order chi connectivity index (χ0) is 52.0. The van der Waals surface area contributed by atoms with E-state index in [0.717, 1.165) is 72.0 Å². The van der Waals surface area contributed by atoms with Crippen molar-refractivity contribution < 1.29 is 39.1 Å². The molecule has 8 heteroatoms. The fourth-order valence-electron chi connectivity index (χ4n) is 8.61. The number of hydrogen-bond donors (Lipinski definition) is 3. The van der Waals surface area contributed by atoms with Crippen molar-refractivity contribution in [1.82, 2.24) is 0 Å². The van der Waals surface area contributed by atoms with Crippen molar-refractivity contribution in [2.24, 2.45) is 5.41 Å². The SMILES string of the molecule is CCCCCCCCCCCCCCCC(=O)OCC1OC(OC(C)(C)CCCC(C)=CC=CC(C)=CC=CC(C)=CC=CC=C(C)C=CC=C(C)C=CC2=C(C)C(=O)CCC2(C)C)C(O)C(O)C1O. The second-order valence-corrected chi connectivity index (χ2v) is 21.2. The van der Waals surface area contributed by atoms with Gasteiger partial charge in [0.15, 0.2) is 12.1 Å². The van der Waals surface area contributed by atoms with Crippen LogP contribution in [0.15, 0.2) is 130 Å². The fourth-order valence-corrected chi connectivity index (χ4v) is 8.61. The van der Waals surface area contributed by atoms with Crippen LogP contribution in [0.2, 0.25) is 0 Å². The van der Waals surface area contributed by atoms with Crippen molar-refractivity contribution in [3.8, 4) is 0 Å². The van der Waals surface area contributed by atoms with Crippen molar-refractivity contribution in [2.75, 3.05) is 6.61 Å². The summed E-state index contributed by atoms with van der Waals surface area (Å²) in [7, 11) is 0. The lowest BCUT2D eigenvalue weighted by Crippen LogP contribution is -2.60. The molecule has 0 aromatic heterocycles. The van der Waals surface area contributed by atoms with Gasteiger partial charge in [-0.3, -0.25) is 9.59 Å². The van der Waals surface area contributed by atoms with Crippen molar-refractivity contribution in [3.63, 3.8) is 0 Å². The van der Waals surface area contributed by atoms with Gasteiger partial charge in [-0.15, -0.1) is 0 Å². The van der Waals surface area contributed by atoms with Crippen molar-refractivity contribution in [1.29, 1.82) is 0 Å². The number of carbonyl (C=O) groups is 2. The summed E-state index contributed by atoms with van der Waals surface area (Å²) in [6.07, 6.45) is 44.8. The van der Waals surface area contributed by atoms with E-state index in [1.54, 1.807) is 0 Å². The first kappa shape index (κ1) is 62.2. The molecule has 0 amide bonds. The molecule has 5 atom stereocenters. The third kappa shape index (κ3) is 26.5. The molecule has 8 nitrogen and oxygen atoms in total. The molecule has 3 N–H and O–H groups in total. The Morgan fingerprint density at radius 1 is 0.657 bits per heavy atom. The summed E-state index contributed by atoms with van der Waals surface area (Å²) < 4.78 is 17.5. The zero-order valence-corrected chi connectivity index (χ0v) is 45.6. The molecule has 1 aliphatic heterocycles. The Labute approximate surface area is 425 Å². The summed E-state index contributed by atoms with van der Waals surface area (Å²) in [4.78, 5) is 24.7. The summed E-state index contributed by atoms with van der Waals surface area (Å²) in [5.74, 6) is -0.0984. The van der Waals surface area contributed by atoms with E-state index in [1.165, 1.54) is 69.8 Å². The molecule has 2 aliphatic rings. The Bertz CT molecular complexity index is 1920. The lowest BCUT2D eigenvalue weighted by Gasteiger charge is -2.42. The molecule has 0 bridgehead atoms. The summed E-state index contributed by atoms with van der Waals surface area (Å²) >= 11 is 0. The number of rotatable bonds is 32. The summed E-state index contributed by atoms with van der Waals surface area (Å²) in [5, 5.41) is 32.0. The molecule has 1 saturated heterocycles. The number of carbonyl (C=O) groups excluding carboxylic acids is 2. The van der Waals surface area contributed by atoms with Gasteiger partial charge in [0.1, 0.15) is 31.0 Å². The first-order chi connectivity index (χ1) is 33.3. The standard InChI is InChI=1S/C62H96O8/c1-12-13-14-15-16-17-18-19-20-21-22-23-24-40-56(64)68-46-55-57(65)58(66)59(67)60(69-55)70-62(10,11)44-30-39-50(5)37-28-36-49(4)35-27-33-47(2)31-25-26-32-48(3)34-29-38-51(6)41-42-53-52(7)54(63)43-45-61(53,8)9/h25-29,31-38,41-42,55,57-60,65-67H,12-24,30,39-40,43-46H2,1-11H3. The highest BCUT2D eigenvalue weighted by molar-refractivity contribution is 5.97. The maximum absolute atomic E-state index is 12.5. The second-order valence-electron chi connectivity index (χ2n) is 21.2. The number of unbranched alkanes of at least 4 members (excludes halogenated alkanes) is 12. The Balaban J connectivity index is 1.72. The second kappa shape index (κ2) is 34.4. The number of aliphatic hydroxyl groups is 3. The molecular weight excluding hydrogens is 873 g/mol. The quantitative estimate of drug-likeness (QED) is 0.0346. The van der Waals surface area contributed by atoms with Crippen molar-refractivity contribution in [2.45, 2.75) is 234 Å². The van der Waals surface area contributed by atoms with E-state index in [1.807, 2.05) is 32.9 Å². The van der Waals surface area contributed by atoms with Crippen LogP contribution in [0.25, 0.3) is 0 Å². The Kier molecular flexibility index (Phi) is 30.6. The maximum atomic E-state index is 12.5. The Morgan fingerprint density at radius 2 is 1.14 bits per heavy atom. The topological polar surface area (TPSA) is 123 Å². The van der Waals surface area contributed by atoms with E-state index in [9.17, 15) is 24.9 Å². The molecule has 1 fully saturated rings. The maximum Gasteiger partial charge on any atom is 0.305 e. The predicted molar refractivity (Wildman–Crippen MR) is 292 cm³/mol. The van der Waals surface area contributed by atoms with E-state index in [0.29, 0.717) is 19.3 Å². The van der Waals surface area contributed by atoms with E-state index < -0.39 is 36.3 Å². The molecule has 392 valence electrons. The van der Waals surface area contributed by atoms with Gasteiger partial charge in [-0.25, -0.2) is 0 Å². The van der Waals surface area contributed by atoms with Gasteiger partial charge in [0.05, 0.1) is 5.60 Å². The van der Waals surface area contributed by atoms with Crippen LogP contribution in [0.3, 0.4) is 0 Å². The smallest absolute Gasteiger partial charge is 0.305 e. The van der Waals surface area contributed by atoms with Crippen LogP contribution >= 0.6 is 0 Å². The van der Waals surface area contributed by atoms with Gasteiger partial charge in [-0.2, -0.15) is 0 Å². The third-order valence-electron chi connectivity index (χ3n) is 13.4. The molecule has 0 aromatic carbocycles. The fraction of sp³-hybridized carbons (Fsp3) is 0.613. The van der Waals surface area contributed by atoms with Gasteiger partial charge >= 0.3 is 5.97 Å². The molecule has 1 aliphatic carbocycles. The molecule has 0 aromatic rings. The minimum Gasteiger partial charge on any atom is -0.463 e. The first-order valence-electron chi connectivity index (χ1n) is 26.8. The number of ether oxygens (including phenoxy) is 3. The molecule has 70 heavy (non-hydrogen) atoms. The van der Waals surface area contributed by atoms with Crippen LogP contribution in [0.5, 0.6) is 0 Å². The molecule has 0 radical (unpaired) electrons. The van der Waals surface area contributed by atoms with Crippen LogP contribution in [0, 0.1) is 5.41 Å². The number of esters is 1. The van der Waals surface area contributed by atoms with Crippen molar-refractivity contribution >= 4 is 11.8 Å². The molecular formula is C62H96O8. The number of allylic oxidation sites excluding steroid dienone is 22. The molecule has 2 rings (SSSR count). The highest BCUT2D eigenvalue weighted by Gasteiger charge is 2.46. The van der Waals surface area contributed by atoms with Crippen LogP contribution in [-0.4, -0.2) is 70.0 Å². The first-order valence-corrected chi connectivity index (χ1v) is 26.8. The van der Waals surface area contributed by atoms with E-state index >= 15 is 0 Å². The van der Waals surface area contributed by atoms with Gasteiger partial charge in [0, 0.05) is 12.8 Å². The lowest BCUT2D eigenvalue weighted by atomic mass is 9.72. The summed E-state index contributed by atoms with van der Waals surface area (Å²) in [5.41, 5.74) is 7.13. The van der Waals surface area contributed by atoms with Crippen LogP contribution in [0.1, 0.15) is 198 Å². The Hall–Kier alpha value is -3.92. The number of aliphatic hydroxyl groups excluding tert-OH is 3. The van der Waals surface area contributed by atoms with E-state index in [-0.39, 0.29) is 23.8 Å². The third-order valence-corrected chi connectivity index (χ3v) is 13.4. The van der Waals surface area contributed by atoms with Gasteiger partial charge in [0.2, 0.25) is 0 Å². The van der Waals surface area contributed by atoms with Crippen LogP contribution < -0.4 is 0 Å². The number of Topliss-reactive ketones (excluding diaryl/α,β-unsaturated/α-hetero) is 1. The zero-order valence-electron chi connectivity index (χ0n) is 45.6. The van der Waals surface area contributed by atoms with Crippen LogP contribution in [0.4, 0.5) is 0 Å². The highest BCUT2D eigenvalue weighted by atomic mass is 16.7. The molecule has 0 spiro atoms. The average Bonchev–Trinajstić information content (AvgIpc) is 3.30. The molecule has 0 saturated carbocycles. The Morgan fingerprint density at radius 3 is 1.69 bits per heavy atom. The number of ketones is 1. The molecule has 5 unspecified atom stereocenters. The monoisotopic (exact) mass is 969 g/mol. The van der Waals surface area contributed by atoms with Crippen LogP contribution in [-0.2, 0) is 23.8 Å². The lowest BCUT2D eigenvalue weighted by molar-refractivity contribution is -0.324. The van der Waals surface area contributed by atoms with Gasteiger partial charge < -0.3 is 29.5 Å². The highest BCUT2D eigenvalue weighted by Crippen LogP contribution is 2.39. The van der Waals surface area contributed by atoms with Gasteiger partial charge in [-0.1, -0.05) is 217 Å². The van der Waals surface area contributed by atoms with Gasteiger partial charge in [-0.05, 0) is 104 Å². The van der Waals surface area contributed by atoms with Gasteiger partial charge in [0.25, 0.3) is 0 Å².